The molecule has 0 fully saturated rings. The molecular formula is C14H18Cl3N3O. The minimum Gasteiger partial charge on any atom is -0.492 e. The molecule has 0 unspecified atom stereocenters. The molecule has 0 saturated heterocycles. The standard InChI is InChI=1S/C14H18Cl3N3O/c15-12-3-4-14(13(16)11-12)21-10-2-8-20(9-5-18)7-1-6-19-17/h3-4,11,19H,1-2,6-10H2. The van der Waals surface area contributed by atoms with Crippen LogP contribution in [-0.2, 0) is 0 Å². The smallest absolute Gasteiger partial charge is 0.137 e. The van der Waals surface area contributed by atoms with Gasteiger partial charge >= 0.3 is 0 Å². The number of rotatable bonds is 10. The Balaban J connectivity index is 2.28. The van der Waals surface area contributed by atoms with Crippen LogP contribution in [0.25, 0.3) is 0 Å². The molecule has 0 heterocycles. The number of nitrogens with one attached hydrogen (secondary N) is 1. The van der Waals surface area contributed by atoms with E-state index in [-0.39, 0.29) is 0 Å². The first kappa shape index (κ1) is 18.3. The van der Waals surface area contributed by atoms with Crippen molar-refractivity contribution >= 4 is 35.0 Å². The van der Waals surface area contributed by atoms with Crippen molar-refractivity contribution in [3.8, 4) is 11.8 Å². The molecule has 0 bridgehead atoms. The van der Waals surface area contributed by atoms with E-state index in [2.05, 4.69) is 15.8 Å². The van der Waals surface area contributed by atoms with Crippen LogP contribution >= 0.6 is 35.0 Å². The molecule has 0 spiro atoms. The van der Waals surface area contributed by atoms with Gasteiger partial charge in [-0.25, -0.2) is 4.84 Å². The fraction of sp³-hybridized carbons (Fsp3) is 0.500. The topological polar surface area (TPSA) is 48.3 Å². The van der Waals surface area contributed by atoms with Crippen molar-refractivity contribution in [3.05, 3.63) is 28.2 Å². The Labute approximate surface area is 140 Å². The highest BCUT2D eigenvalue weighted by molar-refractivity contribution is 6.35. The maximum Gasteiger partial charge on any atom is 0.137 e. The second-order valence-electron chi connectivity index (χ2n) is 4.45. The molecule has 1 aromatic carbocycles. The summed E-state index contributed by atoms with van der Waals surface area (Å²) < 4.78 is 5.61. The number of benzene rings is 1. The molecule has 21 heavy (non-hydrogen) atoms. The van der Waals surface area contributed by atoms with Crippen LogP contribution in [0.2, 0.25) is 10.0 Å². The van der Waals surface area contributed by atoms with Gasteiger partial charge in [-0.15, -0.1) is 0 Å². The summed E-state index contributed by atoms with van der Waals surface area (Å²) in [6.45, 7) is 3.29. The van der Waals surface area contributed by atoms with Crippen LogP contribution in [0.3, 0.4) is 0 Å². The Bertz CT molecular complexity index is 465. The van der Waals surface area contributed by atoms with E-state index in [1.54, 1.807) is 18.2 Å². The zero-order chi connectivity index (χ0) is 15.5. The summed E-state index contributed by atoms with van der Waals surface area (Å²) in [5.41, 5.74) is 0. The largest absolute Gasteiger partial charge is 0.492 e. The molecule has 0 aromatic heterocycles. The molecule has 1 aromatic rings. The van der Waals surface area contributed by atoms with Crippen LogP contribution < -0.4 is 9.57 Å². The average Bonchev–Trinajstić information content (AvgIpc) is 2.45. The second kappa shape index (κ2) is 10.9. The molecule has 0 atom stereocenters. The van der Waals surface area contributed by atoms with E-state index in [4.69, 9.17) is 45.0 Å². The van der Waals surface area contributed by atoms with Gasteiger partial charge in [0.15, 0.2) is 0 Å². The van der Waals surface area contributed by atoms with Crippen LogP contribution in [0, 0.1) is 11.3 Å². The Morgan fingerprint density at radius 3 is 2.67 bits per heavy atom. The van der Waals surface area contributed by atoms with E-state index in [0.717, 1.165) is 32.5 Å². The van der Waals surface area contributed by atoms with Crippen LogP contribution in [0.1, 0.15) is 12.8 Å². The van der Waals surface area contributed by atoms with Gasteiger partial charge in [0.05, 0.1) is 24.2 Å². The number of nitriles is 1. The predicted molar refractivity (Wildman–Crippen MR) is 87.1 cm³/mol. The zero-order valence-electron chi connectivity index (χ0n) is 11.6. The average molecular weight is 351 g/mol. The molecule has 0 radical (unpaired) electrons. The summed E-state index contributed by atoms with van der Waals surface area (Å²) >= 11 is 17.3. The van der Waals surface area contributed by atoms with E-state index in [1.165, 1.54) is 0 Å². The maximum atomic E-state index is 8.80. The van der Waals surface area contributed by atoms with E-state index in [0.29, 0.717) is 28.9 Å². The third-order valence-corrected chi connectivity index (χ3v) is 3.53. The minimum absolute atomic E-state index is 0.407. The summed E-state index contributed by atoms with van der Waals surface area (Å²) in [7, 11) is 0. The highest BCUT2D eigenvalue weighted by Crippen LogP contribution is 2.27. The van der Waals surface area contributed by atoms with E-state index in [1.807, 2.05) is 0 Å². The molecule has 1 N–H and O–H groups in total. The summed E-state index contributed by atoms with van der Waals surface area (Å²) in [5.74, 6) is 0.624. The second-order valence-corrected chi connectivity index (χ2v) is 5.56. The molecule has 4 nitrogen and oxygen atoms in total. The van der Waals surface area contributed by atoms with Gasteiger partial charge in [-0.05, 0) is 42.8 Å². The first-order valence-electron chi connectivity index (χ1n) is 6.68. The van der Waals surface area contributed by atoms with Gasteiger partial charge in [-0.3, -0.25) is 4.90 Å². The van der Waals surface area contributed by atoms with Gasteiger partial charge in [-0.2, -0.15) is 5.26 Å². The lowest BCUT2D eigenvalue weighted by Crippen LogP contribution is -2.28. The lowest BCUT2D eigenvalue weighted by atomic mass is 10.3. The Morgan fingerprint density at radius 1 is 1.24 bits per heavy atom. The first-order chi connectivity index (χ1) is 10.2. The third-order valence-electron chi connectivity index (χ3n) is 2.81. The Kier molecular flexibility index (Phi) is 9.56. The molecule has 116 valence electrons. The Hall–Kier alpha value is -0.700. The fourth-order valence-electron chi connectivity index (χ4n) is 1.80. The molecule has 7 heteroatoms. The monoisotopic (exact) mass is 349 g/mol. The van der Waals surface area contributed by atoms with Crippen molar-refractivity contribution < 1.29 is 4.74 Å². The molecule has 0 amide bonds. The first-order valence-corrected chi connectivity index (χ1v) is 7.81. The molecular weight excluding hydrogens is 333 g/mol. The lowest BCUT2D eigenvalue weighted by Gasteiger charge is -2.18. The van der Waals surface area contributed by atoms with Crippen molar-refractivity contribution in [1.29, 1.82) is 5.26 Å². The van der Waals surface area contributed by atoms with E-state index >= 15 is 0 Å². The predicted octanol–water partition coefficient (Wildman–Crippen LogP) is 3.72. The Morgan fingerprint density at radius 2 is 2.00 bits per heavy atom. The van der Waals surface area contributed by atoms with Gasteiger partial charge < -0.3 is 4.74 Å². The zero-order valence-corrected chi connectivity index (χ0v) is 13.9. The van der Waals surface area contributed by atoms with Crippen LogP contribution in [-0.4, -0.2) is 37.7 Å². The molecule has 0 saturated carbocycles. The molecule has 0 aliphatic carbocycles. The number of hydrogen-bond donors (Lipinski definition) is 1. The normalized spacial score (nSPS) is 10.6. The van der Waals surface area contributed by atoms with Gasteiger partial charge in [0.2, 0.25) is 0 Å². The highest BCUT2D eigenvalue weighted by Gasteiger charge is 2.05. The van der Waals surface area contributed by atoms with Gasteiger partial charge in [0.1, 0.15) is 5.75 Å². The number of nitrogens with zero attached hydrogens (tertiary/aromatic N) is 2. The lowest BCUT2D eigenvalue weighted by molar-refractivity contribution is 0.249. The number of halogens is 3. The van der Waals surface area contributed by atoms with E-state index in [9.17, 15) is 0 Å². The third kappa shape index (κ3) is 7.75. The van der Waals surface area contributed by atoms with Gasteiger partial charge in [0, 0.05) is 24.7 Å². The summed E-state index contributed by atoms with van der Waals surface area (Å²) in [5, 5.41) is 9.88. The van der Waals surface area contributed by atoms with Crippen LogP contribution in [0.15, 0.2) is 18.2 Å². The SMILES string of the molecule is N#CCN(CCCNCl)CCCOc1ccc(Cl)cc1Cl. The number of ether oxygens (including phenoxy) is 1. The van der Waals surface area contributed by atoms with Gasteiger partial charge in [0.25, 0.3) is 0 Å². The van der Waals surface area contributed by atoms with Crippen molar-refractivity contribution in [2.75, 3.05) is 32.8 Å². The highest BCUT2D eigenvalue weighted by atomic mass is 35.5. The van der Waals surface area contributed by atoms with Crippen molar-refractivity contribution in [2.45, 2.75) is 12.8 Å². The number of hydrogen-bond acceptors (Lipinski definition) is 4. The summed E-state index contributed by atoms with van der Waals surface area (Å²) in [6, 6.07) is 7.31. The van der Waals surface area contributed by atoms with Gasteiger partial charge in [-0.1, -0.05) is 23.2 Å². The minimum atomic E-state index is 0.407. The molecule has 1 rings (SSSR count). The van der Waals surface area contributed by atoms with Crippen LogP contribution in [0.4, 0.5) is 0 Å². The molecule has 0 aliphatic rings. The van der Waals surface area contributed by atoms with Crippen molar-refractivity contribution in [1.82, 2.24) is 9.74 Å². The fourth-order valence-corrected chi connectivity index (χ4v) is 2.40. The summed E-state index contributed by atoms with van der Waals surface area (Å²) in [4.78, 5) is 4.65. The van der Waals surface area contributed by atoms with Crippen molar-refractivity contribution in [3.63, 3.8) is 0 Å². The quantitative estimate of drug-likeness (QED) is 0.397. The summed E-state index contributed by atoms with van der Waals surface area (Å²) in [6.07, 6.45) is 1.71. The molecule has 0 aliphatic heterocycles. The van der Waals surface area contributed by atoms with Crippen molar-refractivity contribution in [2.24, 2.45) is 0 Å². The van der Waals surface area contributed by atoms with E-state index < -0.39 is 0 Å². The van der Waals surface area contributed by atoms with Crippen LogP contribution in [0.5, 0.6) is 5.75 Å². The maximum absolute atomic E-state index is 8.80.